The van der Waals surface area contributed by atoms with Crippen LogP contribution in [0.5, 0.6) is 0 Å². The topological polar surface area (TPSA) is 86.3 Å². The van der Waals surface area contributed by atoms with Crippen LogP contribution >= 0.6 is 0 Å². The predicted octanol–water partition coefficient (Wildman–Crippen LogP) is 0.708. The first-order valence-corrected chi connectivity index (χ1v) is 3.18. The first-order chi connectivity index (χ1) is 4.92. The van der Waals surface area contributed by atoms with E-state index >= 15 is 0 Å². The molecule has 0 saturated heterocycles. The van der Waals surface area contributed by atoms with Gasteiger partial charge in [-0.25, -0.2) is 0 Å². The van der Waals surface area contributed by atoms with E-state index in [1.165, 1.54) is 6.92 Å². The first kappa shape index (κ1) is 9.80. The summed E-state index contributed by atoms with van der Waals surface area (Å²) in [4.78, 5) is 19.0. The Morgan fingerprint density at radius 3 is 1.91 bits per heavy atom. The molecule has 0 saturated carbocycles. The normalized spacial score (nSPS) is 15.5. The molecule has 11 heavy (non-hydrogen) atoms. The lowest BCUT2D eigenvalue weighted by atomic mass is 10.0. The average Bonchev–Trinajstić information content (AvgIpc) is 1.86. The van der Waals surface area contributed by atoms with Crippen LogP contribution in [0.15, 0.2) is 0 Å². The number of rotatable bonds is 4. The summed E-state index contributed by atoms with van der Waals surface area (Å²) in [6.45, 7) is 2.22. The summed E-state index contributed by atoms with van der Waals surface area (Å²) in [7, 11) is 0. The van der Waals surface area contributed by atoms with Gasteiger partial charge >= 0.3 is 0 Å². The molecule has 0 spiro atoms. The van der Waals surface area contributed by atoms with E-state index in [4.69, 9.17) is 0 Å². The van der Waals surface area contributed by atoms with Crippen LogP contribution in [0.25, 0.3) is 0 Å². The maximum Gasteiger partial charge on any atom is 0.282 e. The largest absolute Gasteiger partial charge is 0.282 e. The molecule has 0 radical (unpaired) electrons. The van der Waals surface area contributed by atoms with E-state index in [0.717, 1.165) is 0 Å². The van der Waals surface area contributed by atoms with Crippen LogP contribution in [0.1, 0.15) is 20.3 Å². The summed E-state index contributed by atoms with van der Waals surface area (Å²) in [5.41, 5.74) is -1.41. The lowest BCUT2D eigenvalue weighted by molar-refractivity contribution is -0.623. The zero-order valence-corrected chi connectivity index (χ0v) is 6.44. The fourth-order valence-electron chi connectivity index (χ4n) is 0.577. The molecule has 0 heterocycles. The highest BCUT2D eigenvalue weighted by atomic mass is 16.6. The fourth-order valence-corrected chi connectivity index (χ4v) is 0.577. The standard InChI is InChI=1S/C5H10N2O4/c1-3-5(2,7(10)11)4-6(8)9/h3-4H2,1-2H3/t5-/m0/s1. The van der Waals surface area contributed by atoms with Gasteiger partial charge in [-0.15, -0.1) is 0 Å². The molecule has 0 rings (SSSR count). The second kappa shape index (κ2) is 3.27. The van der Waals surface area contributed by atoms with Crippen LogP contribution in [0.2, 0.25) is 0 Å². The molecule has 0 aliphatic rings. The van der Waals surface area contributed by atoms with Crippen molar-refractivity contribution in [3.05, 3.63) is 20.2 Å². The van der Waals surface area contributed by atoms with Crippen molar-refractivity contribution < 1.29 is 9.85 Å². The van der Waals surface area contributed by atoms with E-state index in [1.54, 1.807) is 6.92 Å². The Bertz CT molecular complexity index is 181. The number of hydrogen-bond donors (Lipinski definition) is 0. The van der Waals surface area contributed by atoms with Crippen LogP contribution < -0.4 is 0 Å². The van der Waals surface area contributed by atoms with Crippen LogP contribution in [0, 0.1) is 20.2 Å². The van der Waals surface area contributed by atoms with Gasteiger partial charge in [0.1, 0.15) is 0 Å². The molecule has 0 aromatic rings. The van der Waals surface area contributed by atoms with Gasteiger partial charge in [0, 0.05) is 23.2 Å². The summed E-state index contributed by atoms with van der Waals surface area (Å²) in [6, 6.07) is 0. The second-order valence-corrected chi connectivity index (χ2v) is 2.60. The molecule has 0 aromatic carbocycles. The van der Waals surface area contributed by atoms with Crippen molar-refractivity contribution in [2.24, 2.45) is 0 Å². The lowest BCUT2D eigenvalue weighted by Gasteiger charge is -2.13. The van der Waals surface area contributed by atoms with Gasteiger partial charge in [0.25, 0.3) is 12.1 Å². The Morgan fingerprint density at radius 1 is 1.36 bits per heavy atom. The smallest absolute Gasteiger partial charge is 0.264 e. The molecule has 6 heteroatoms. The van der Waals surface area contributed by atoms with Crippen molar-refractivity contribution in [3.8, 4) is 0 Å². The molecule has 64 valence electrons. The summed E-state index contributed by atoms with van der Waals surface area (Å²) in [6.07, 6.45) is 0.168. The van der Waals surface area contributed by atoms with E-state index in [1.807, 2.05) is 0 Å². The van der Waals surface area contributed by atoms with E-state index < -0.39 is 21.9 Å². The molecule has 1 atom stereocenters. The third kappa shape index (κ3) is 2.48. The summed E-state index contributed by atoms with van der Waals surface area (Å²) in [5, 5.41) is 20.3. The maximum atomic E-state index is 10.3. The van der Waals surface area contributed by atoms with Crippen molar-refractivity contribution in [1.29, 1.82) is 0 Å². The van der Waals surface area contributed by atoms with Crippen molar-refractivity contribution in [1.82, 2.24) is 0 Å². The van der Waals surface area contributed by atoms with E-state index in [0.29, 0.717) is 0 Å². The highest BCUT2D eigenvalue weighted by Crippen LogP contribution is 2.13. The first-order valence-electron chi connectivity index (χ1n) is 3.18. The zero-order valence-electron chi connectivity index (χ0n) is 6.44. The molecule has 0 N–H and O–H groups in total. The third-order valence-electron chi connectivity index (χ3n) is 1.67. The highest BCUT2D eigenvalue weighted by Gasteiger charge is 2.40. The molecule has 0 aliphatic carbocycles. The van der Waals surface area contributed by atoms with Gasteiger partial charge in [0.15, 0.2) is 0 Å². The lowest BCUT2D eigenvalue weighted by Crippen LogP contribution is -2.41. The monoisotopic (exact) mass is 162 g/mol. The number of nitro groups is 2. The van der Waals surface area contributed by atoms with Gasteiger partial charge in [-0.1, -0.05) is 6.92 Å². The Kier molecular flexibility index (Phi) is 2.91. The summed E-state index contributed by atoms with van der Waals surface area (Å²) >= 11 is 0. The van der Waals surface area contributed by atoms with Crippen LogP contribution in [0.3, 0.4) is 0 Å². The van der Waals surface area contributed by atoms with Crippen molar-refractivity contribution in [3.63, 3.8) is 0 Å². The quantitative estimate of drug-likeness (QED) is 0.450. The average molecular weight is 162 g/mol. The van der Waals surface area contributed by atoms with E-state index in [2.05, 4.69) is 0 Å². The minimum absolute atomic E-state index is 0.168. The molecule has 0 unspecified atom stereocenters. The van der Waals surface area contributed by atoms with Crippen LogP contribution in [-0.2, 0) is 0 Å². The maximum absolute atomic E-state index is 10.3. The van der Waals surface area contributed by atoms with E-state index in [-0.39, 0.29) is 6.42 Å². The molecule has 0 amide bonds. The van der Waals surface area contributed by atoms with Gasteiger partial charge in [-0.3, -0.25) is 20.2 Å². The SMILES string of the molecule is CC[C@@](C)(C[N+](=O)[O-])[N+](=O)[O-]. The molecular formula is C5H10N2O4. The number of nitrogens with zero attached hydrogens (tertiary/aromatic N) is 2. The van der Waals surface area contributed by atoms with Gasteiger partial charge in [-0.2, -0.15) is 0 Å². The predicted molar refractivity (Wildman–Crippen MR) is 37.6 cm³/mol. The van der Waals surface area contributed by atoms with Gasteiger partial charge < -0.3 is 0 Å². The molecule has 0 aromatic heterocycles. The molecule has 6 nitrogen and oxygen atoms in total. The summed E-state index contributed by atoms with van der Waals surface area (Å²) in [5.74, 6) is 0. The third-order valence-corrected chi connectivity index (χ3v) is 1.67. The van der Waals surface area contributed by atoms with Crippen molar-refractivity contribution in [2.75, 3.05) is 6.54 Å². The van der Waals surface area contributed by atoms with Gasteiger partial charge in [0.2, 0.25) is 0 Å². The number of hydrogen-bond acceptors (Lipinski definition) is 4. The van der Waals surface area contributed by atoms with Gasteiger partial charge in [0.05, 0.1) is 0 Å². The van der Waals surface area contributed by atoms with Gasteiger partial charge in [-0.05, 0) is 0 Å². The Hall–Kier alpha value is -1.20. The zero-order chi connectivity index (χ0) is 9.07. The van der Waals surface area contributed by atoms with Crippen LogP contribution in [-0.4, -0.2) is 21.9 Å². The molecule has 0 aliphatic heterocycles. The Morgan fingerprint density at radius 2 is 1.82 bits per heavy atom. The second-order valence-electron chi connectivity index (χ2n) is 2.60. The Balaban J connectivity index is 4.34. The molecular weight excluding hydrogens is 152 g/mol. The van der Waals surface area contributed by atoms with Crippen molar-refractivity contribution in [2.45, 2.75) is 25.8 Å². The molecule has 0 bridgehead atoms. The Labute approximate surface area is 63.5 Å². The van der Waals surface area contributed by atoms with E-state index in [9.17, 15) is 20.2 Å². The van der Waals surface area contributed by atoms with Crippen LogP contribution in [0.4, 0.5) is 0 Å². The minimum atomic E-state index is -1.41. The summed E-state index contributed by atoms with van der Waals surface area (Å²) < 4.78 is 0. The van der Waals surface area contributed by atoms with Crippen molar-refractivity contribution >= 4 is 0 Å². The highest BCUT2D eigenvalue weighted by molar-refractivity contribution is 4.69. The molecule has 0 fully saturated rings. The fraction of sp³-hybridized carbons (Fsp3) is 1.00. The minimum Gasteiger partial charge on any atom is -0.264 e.